The number of hydrogen-bond acceptors (Lipinski definition) is 4. The van der Waals surface area contributed by atoms with Crippen molar-refractivity contribution < 1.29 is 19.4 Å². The highest BCUT2D eigenvalue weighted by Gasteiger charge is 2.22. The van der Waals surface area contributed by atoms with Gasteiger partial charge in [0.1, 0.15) is 11.8 Å². The number of nitrogens with zero attached hydrogens (tertiary/aromatic N) is 1. The van der Waals surface area contributed by atoms with Gasteiger partial charge in [-0.2, -0.15) is 0 Å². The average Bonchev–Trinajstić information content (AvgIpc) is 2.45. The predicted octanol–water partition coefficient (Wildman–Crippen LogP) is 1.87. The summed E-state index contributed by atoms with van der Waals surface area (Å²) in [4.78, 5) is 24.0. The van der Waals surface area contributed by atoms with E-state index in [0.29, 0.717) is 25.4 Å². The van der Waals surface area contributed by atoms with E-state index < -0.39 is 12.0 Å². The van der Waals surface area contributed by atoms with Gasteiger partial charge in [-0.1, -0.05) is 12.1 Å². The molecule has 1 amide bonds. The maximum atomic E-state index is 11.3. The number of rotatable bonds is 8. The predicted molar refractivity (Wildman–Crippen MR) is 86.9 cm³/mol. The second kappa shape index (κ2) is 8.75. The van der Waals surface area contributed by atoms with Gasteiger partial charge in [0.2, 0.25) is 5.91 Å². The Labute approximate surface area is 138 Å². The normalized spacial score (nSPS) is 12.0. The van der Waals surface area contributed by atoms with Crippen LogP contribution in [0.25, 0.3) is 0 Å². The van der Waals surface area contributed by atoms with Crippen LogP contribution in [0.4, 0.5) is 0 Å². The summed E-state index contributed by atoms with van der Waals surface area (Å²) >= 11 is 3.42. The molecule has 0 saturated heterocycles. The molecule has 22 heavy (non-hydrogen) atoms. The van der Waals surface area contributed by atoms with Crippen LogP contribution in [0.15, 0.2) is 22.7 Å². The van der Waals surface area contributed by atoms with E-state index in [-0.39, 0.29) is 5.91 Å². The number of para-hydroxylation sites is 1. The molecule has 0 radical (unpaired) electrons. The number of benzene rings is 1. The number of methoxy groups -OCH3 is 1. The van der Waals surface area contributed by atoms with Crippen molar-refractivity contribution in [3.63, 3.8) is 0 Å². The zero-order valence-electron chi connectivity index (χ0n) is 12.9. The van der Waals surface area contributed by atoms with Crippen LogP contribution < -0.4 is 10.1 Å². The maximum Gasteiger partial charge on any atom is 0.320 e. The smallest absolute Gasteiger partial charge is 0.320 e. The third-order valence-corrected chi connectivity index (χ3v) is 3.93. The highest BCUT2D eigenvalue weighted by Crippen LogP contribution is 2.29. The number of carboxylic acid groups (broad SMARTS) is 1. The van der Waals surface area contributed by atoms with Gasteiger partial charge in [-0.05, 0) is 28.9 Å². The van der Waals surface area contributed by atoms with Gasteiger partial charge in [0, 0.05) is 32.1 Å². The summed E-state index contributed by atoms with van der Waals surface area (Å²) in [6.45, 7) is 4.30. The van der Waals surface area contributed by atoms with Crippen molar-refractivity contribution in [2.45, 2.75) is 26.4 Å². The van der Waals surface area contributed by atoms with Gasteiger partial charge in [0.05, 0.1) is 11.6 Å². The molecule has 0 aliphatic rings. The molecule has 0 aliphatic heterocycles. The van der Waals surface area contributed by atoms with Crippen molar-refractivity contribution in [2.24, 2.45) is 0 Å². The van der Waals surface area contributed by atoms with E-state index in [1.807, 2.05) is 18.2 Å². The second-order valence-corrected chi connectivity index (χ2v) is 5.75. The minimum atomic E-state index is -0.906. The molecule has 0 heterocycles. The summed E-state index contributed by atoms with van der Waals surface area (Å²) in [5, 5.41) is 11.9. The molecule has 2 N–H and O–H groups in total. The molecule has 1 atom stereocenters. The molecule has 1 rings (SSSR count). The van der Waals surface area contributed by atoms with Crippen molar-refractivity contribution in [1.82, 2.24) is 10.2 Å². The van der Waals surface area contributed by atoms with Gasteiger partial charge in [-0.25, -0.2) is 0 Å². The Balaban J connectivity index is 2.90. The van der Waals surface area contributed by atoms with E-state index in [1.165, 1.54) is 6.92 Å². The van der Waals surface area contributed by atoms with E-state index in [2.05, 4.69) is 21.2 Å². The summed E-state index contributed by atoms with van der Waals surface area (Å²) in [5.41, 5.74) is 0.882. The molecule has 6 nitrogen and oxygen atoms in total. The van der Waals surface area contributed by atoms with Crippen molar-refractivity contribution in [3.8, 4) is 5.75 Å². The van der Waals surface area contributed by atoms with E-state index in [4.69, 9.17) is 4.74 Å². The number of amides is 1. The van der Waals surface area contributed by atoms with Crippen LogP contribution in [-0.4, -0.2) is 48.1 Å². The Morgan fingerprint density at radius 2 is 2.14 bits per heavy atom. The molecule has 0 spiro atoms. The lowest BCUT2D eigenvalue weighted by Crippen LogP contribution is -2.42. The van der Waals surface area contributed by atoms with Crippen LogP contribution in [0, 0.1) is 0 Å². The second-order valence-electron chi connectivity index (χ2n) is 4.90. The summed E-state index contributed by atoms with van der Waals surface area (Å²) in [7, 11) is 1.58. The van der Waals surface area contributed by atoms with Crippen molar-refractivity contribution in [2.75, 3.05) is 20.2 Å². The molecular formula is C15H21BrN2O4. The maximum absolute atomic E-state index is 11.3. The number of aliphatic carboxylic acids is 1. The lowest BCUT2D eigenvalue weighted by Gasteiger charge is -2.27. The average molecular weight is 373 g/mol. The lowest BCUT2D eigenvalue weighted by molar-refractivity contribution is -0.142. The minimum absolute atomic E-state index is 0.136. The molecule has 1 aromatic rings. The number of hydrogen-bond donors (Lipinski definition) is 2. The zero-order chi connectivity index (χ0) is 16.7. The Morgan fingerprint density at radius 3 is 2.68 bits per heavy atom. The standard InChI is InChI=1S/C15H21BrN2O4/c1-10(15(20)21)18(8-7-17-11(2)19)9-12-5-4-6-13(16)14(12)22-3/h4-6,10H,7-9H2,1-3H3,(H,17,19)(H,20,21). The number of ether oxygens (including phenoxy) is 1. The Hall–Kier alpha value is -1.60. The Bertz CT molecular complexity index is 536. The summed E-state index contributed by atoms with van der Waals surface area (Å²) < 4.78 is 6.19. The van der Waals surface area contributed by atoms with Gasteiger partial charge in [-0.15, -0.1) is 0 Å². The Morgan fingerprint density at radius 1 is 1.45 bits per heavy atom. The molecule has 0 aromatic heterocycles. The van der Waals surface area contributed by atoms with Crippen molar-refractivity contribution in [3.05, 3.63) is 28.2 Å². The number of carbonyl (C=O) groups is 2. The molecule has 122 valence electrons. The number of carboxylic acids is 1. The van der Waals surface area contributed by atoms with E-state index >= 15 is 0 Å². The van der Waals surface area contributed by atoms with Crippen LogP contribution in [0.3, 0.4) is 0 Å². The van der Waals surface area contributed by atoms with Crippen LogP contribution in [-0.2, 0) is 16.1 Å². The number of nitrogens with one attached hydrogen (secondary N) is 1. The molecule has 0 bridgehead atoms. The first-order chi connectivity index (χ1) is 10.4. The van der Waals surface area contributed by atoms with Gasteiger partial charge in [0.25, 0.3) is 0 Å². The van der Waals surface area contributed by atoms with Crippen LogP contribution in [0.5, 0.6) is 5.75 Å². The van der Waals surface area contributed by atoms with Gasteiger partial charge >= 0.3 is 5.97 Å². The fraction of sp³-hybridized carbons (Fsp3) is 0.467. The van der Waals surface area contributed by atoms with Gasteiger partial charge < -0.3 is 15.2 Å². The first-order valence-electron chi connectivity index (χ1n) is 6.89. The fourth-order valence-corrected chi connectivity index (χ4v) is 2.64. The first kappa shape index (κ1) is 18.4. The quantitative estimate of drug-likeness (QED) is 0.728. The molecule has 1 aromatic carbocycles. The van der Waals surface area contributed by atoms with E-state index in [1.54, 1.807) is 18.9 Å². The molecule has 0 aliphatic carbocycles. The summed E-state index contributed by atoms with van der Waals surface area (Å²) in [6, 6.07) is 4.96. The highest BCUT2D eigenvalue weighted by atomic mass is 79.9. The van der Waals surface area contributed by atoms with Gasteiger partial charge in [0.15, 0.2) is 0 Å². The van der Waals surface area contributed by atoms with Crippen molar-refractivity contribution in [1.29, 1.82) is 0 Å². The minimum Gasteiger partial charge on any atom is -0.495 e. The van der Waals surface area contributed by atoms with E-state index in [9.17, 15) is 14.7 Å². The van der Waals surface area contributed by atoms with Crippen LogP contribution >= 0.6 is 15.9 Å². The SMILES string of the molecule is COc1c(Br)cccc1CN(CCNC(C)=O)C(C)C(=O)O. The molecule has 1 unspecified atom stereocenters. The molecule has 0 fully saturated rings. The topological polar surface area (TPSA) is 78.9 Å². The first-order valence-corrected chi connectivity index (χ1v) is 7.68. The van der Waals surface area contributed by atoms with E-state index in [0.717, 1.165) is 10.0 Å². The highest BCUT2D eigenvalue weighted by molar-refractivity contribution is 9.10. The third-order valence-electron chi connectivity index (χ3n) is 3.30. The number of carbonyl (C=O) groups excluding carboxylic acids is 1. The van der Waals surface area contributed by atoms with Gasteiger partial charge in [-0.3, -0.25) is 14.5 Å². The largest absolute Gasteiger partial charge is 0.495 e. The number of halogens is 1. The monoisotopic (exact) mass is 372 g/mol. The van der Waals surface area contributed by atoms with Crippen LogP contribution in [0.2, 0.25) is 0 Å². The lowest BCUT2D eigenvalue weighted by atomic mass is 10.1. The fourth-order valence-electron chi connectivity index (χ4n) is 2.07. The Kier molecular flexibility index (Phi) is 7.34. The van der Waals surface area contributed by atoms with Crippen molar-refractivity contribution >= 4 is 27.8 Å². The molecule has 7 heteroatoms. The third kappa shape index (κ3) is 5.31. The summed E-state index contributed by atoms with van der Waals surface area (Å²) in [5.74, 6) is -0.357. The molecular weight excluding hydrogens is 352 g/mol. The molecule has 0 saturated carbocycles. The van der Waals surface area contributed by atoms with Crippen LogP contribution in [0.1, 0.15) is 19.4 Å². The zero-order valence-corrected chi connectivity index (χ0v) is 14.5. The summed E-state index contributed by atoms with van der Waals surface area (Å²) in [6.07, 6.45) is 0.